The Balaban J connectivity index is 1.94. The highest BCUT2D eigenvalue weighted by Crippen LogP contribution is 2.21. The molecule has 3 nitrogen and oxygen atoms in total. The lowest BCUT2D eigenvalue weighted by Crippen LogP contribution is -2.49. The first-order valence-corrected chi connectivity index (χ1v) is 5.74. The summed E-state index contributed by atoms with van der Waals surface area (Å²) in [5.74, 6) is -1.32. The van der Waals surface area contributed by atoms with Crippen LogP contribution in [0.5, 0.6) is 0 Å². The fourth-order valence-corrected chi connectivity index (χ4v) is 2.08. The van der Waals surface area contributed by atoms with E-state index in [1.165, 1.54) is 6.07 Å². The normalized spacial score (nSPS) is 17.1. The van der Waals surface area contributed by atoms with Crippen LogP contribution in [0.4, 0.5) is 4.39 Å². The van der Waals surface area contributed by atoms with Crippen LogP contribution in [0.1, 0.15) is 5.56 Å². The number of rotatable bonds is 3. The molecule has 1 saturated heterocycles. The first-order chi connectivity index (χ1) is 7.56. The van der Waals surface area contributed by atoms with Crippen molar-refractivity contribution < 1.29 is 14.3 Å². The molecule has 86 valence electrons. The number of hydrogen-bond acceptors (Lipinski definition) is 2. The maximum atomic E-state index is 13.5. The minimum absolute atomic E-state index is 0.256. The zero-order chi connectivity index (χ0) is 11.7. The lowest BCUT2D eigenvalue weighted by atomic mass is 9.99. The topological polar surface area (TPSA) is 40.5 Å². The Bertz CT molecular complexity index is 418. The van der Waals surface area contributed by atoms with Crippen LogP contribution in [0.2, 0.25) is 0 Å². The first-order valence-electron chi connectivity index (χ1n) is 4.95. The summed E-state index contributed by atoms with van der Waals surface area (Å²) in [6.45, 7) is 1.48. The molecule has 1 fully saturated rings. The van der Waals surface area contributed by atoms with Gasteiger partial charge in [0, 0.05) is 29.7 Å². The fraction of sp³-hybridized carbons (Fsp3) is 0.364. The van der Waals surface area contributed by atoms with Crippen molar-refractivity contribution in [2.75, 3.05) is 13.1 Å². The smallest absolute Gasteiger partial charge is 0.309 e. The number of likely N-dealkylation sites (tertiary alicyclic amines) is 1. The van der Waals surface area contributed by atoms with E-state index in [1.807, 2.05) is 4.90 Å². The van der Waals surface area contributed by atoms with Gasteiger partial charge < -0.3 is 5.11 Å². The maximum Gasteiger partial charge on any atom is 0.309 e. The van der Waals surface area contributed by atoms with Crippen molar-refractivity contribution in [3.63, 3.8) is 0 Å². The predicted octanol–water partition coefficient (Wildman–Crippen LogP) is 2.10. The molecule has 0 unspecified atom stereocenters. The molecule has 0 spiro atoms. The van der Waals surface area contributed by atoms with Gasteiger partial charge in [-0.25, -0.2) is 4.39 Å². The summed E-state index contributed by atoms with van der Waals surface area (Å²) < 4.78 is 14.2. The van der Waals surface area contributed by atoms with Gasteiger partial charge in [0.05, 0.1) is 5.92 Å². The number of aliphatic carboxylic acids is 1. The SMILES string of the molecule is O=C(O)C1CN(Cc2ccc(Br)cc2F)C1. The van der Waals surface area contributed by atoms with Crippen molar-refractivity contribution in [3.8, 4) is 0 Å². The second-order valence-electron chi connectivity index (χ2n) is 3.96. The van der Waals surface area contributed by atoms with Crippen LogP contribution in [0.3, 0.4) is 0 Å². The quantitative estimate of drug-likeness (QED) is 0.926. The Morgan fingerprint density at radius 3 is 2.81 bits per heavy atom. The van der Waals surface area contributed by atoms with Crippen molar-refractivity contribution in [3.05, 3.63) is 34.1 Å². The molecule has 5 heteroatoms. The van der Waals surface area contributed by atoms with Crippen LogP contribution in [0.25, 0.3) is 0 Å². The highest BCUT2D eigenvalue weighted by atomic mass is 79.9. The van der Waals surface area contributed by atoms with Gasteiger partial charge in [-0.3, -0.25) is 9.69 Å². The standard InChI is InChI=1S/C11H11BrFNO2/c12-9-2-1-7(10(13)3-9)4-14-5-8(6-14)11(15)16/h1-3,8H,4-6H2,(H,15,16). The zero-order valence-electron chi connectivity index (χ0n) is 8.49. The van der Waals surface area contributed by atoms with Crippen LogP contribution < -0.4 is 0 Å². The Kier molecular flexibility index (Phi) is 3.25. The Morgan fingerprint density at radius 2 is 2.25 bits per heavy atom. The molecule has 16 heavy (non-hydrogen) atoms. The van der Waals surface area contributed by atoms with Crippen LogP contribution in [0.15, 0.2) is 22.7 Å². The van der Waals surface area contributed by atoms with E-state index in [-0.39, 0.29) is 11.7 Å². The Morgan fingerprint density at radius 1 is 1.56 bits per heavy atom. The van der Waals surface area contributed by atoms with Gasteiger partial charge in [0.2, 0.25) is 0 Å². The van der Waals surface area contributed by atoms with Gasteiger partial charge in [0.25, 0.3) is 0 Å². The summed E-state index contributed by atoms with van der Waals surface area (Å²) in [6.07, 6.45) is 0. The second kappa shape index (κ2) is 4.51. The molecule has 1 aromatic rings. The molecule has 0 atom stereocenters. The van der Waals surface area contributed by atoms with Crippen molar-refractivity contribution in [1.29, 1.82) is 0 Å². The van der Waals surface area contributed by atoms with Crippen molar-refractivity contribution in [2.24, 2.45) is 5.92 Å². The second-order valence-corrected chi connectivity index (χ2v) is 4.88. The molecule has 2 rings (SSSR count). The van der Waals surface area contributed by atoms with Gasteiger partial charge in [0.1, 0.15) is 5.82 Å². The molecule has 0 radical (unpaired) electrons. The summed E-state index contributed by atoms with van der Waals surface area (Å²) in [6, 6.07) is 4.92. The average Bonchev–Trinajstić information content (AvgIpc) is 2.12. The van der Waals surface area contributed by atoms with E-state index < -0.39 is 5.97 Å². The third kappa shape index (κ3) is 2.41. The molecule has 1 heterocycles. The minimum atomic E-state index is -0.771. The van der Waals surface area contributed by atoms with E-state index in [9.17, 15) is 9.18 Å². The minimum Gasteiger partial charge on any atom is -0.481 e. The average molecular weight is 288 g/mol. The fourth-order valence-electron chi connectivity index (χ4n) is 1.75. The number of halogens is 2. The third-order valence-corrected chi connectivity index (χ3v) is 3.21. The maximum absolute atomic E-state index is 13.5. The van der Waals surface area contributed by atoms with E-state index in [2.05, 4.69) is 15.9 Å². The van der Waals surface area contributed by atoms with E-state index in [4.69, 9.17) is 5.11 Å². The lowest BCUT2D eigenvalue weighted by Gasteiger charge is -2.36. The largest absolute Gasteiger partial charge is 0.481 e. The number of carbonyl (C=O) groups is 1. The van der Waals surface area contributed by atoms with Crippen molar-refractivity contribution in [2.45, 2.75) is 6.54 Å². The number of benzene rings is 1. The molecule has 1 N–H and O–H groups in total. The number of nitrogens with zero attached hydrogens (tertiary/aromatic N) is 1. The predicted molar refractivity (Wildman–Crippen MR) is 60.5 cm³/mol. The monoisotopic (exact) mass is 287 g/mol. The Labute approximate surface area is 101 Å². The summed E-state index contributed by atoms with van der Waals surface area (Å²) in [5.41, 5.74) is 0.604. The zero-order valence-corrected chi connectivity index (χ0v) is 10.1. The molecule has 1 aromatic carbocycles. The molecule has 0 aromatic heterocycles. The van der Waals surface area contributed by atoms with Gasteiger partial charge in [-0.1, -0.05) is 22.0 Å². The van der Waals surface area contributed by atoms with Crippen LogP contribution in [-0.2, 0) is 11.3 Å². The van der Waals surface area contributed by atoms with E-state index in [0.717, 1.165) is 0 Å². The van der Waals surface area contributed by atoms with Gasteiger partial charge in [-0.05, 0) is 12.1 Å². The van der Waals surface area contributed by atoms with Crippen LogP contribution >= 0.6 is 15.9 Å². The van der Waals surface area contributed by atoms with Crippen LogP contribution in [-0.4, -0.2) is 29.1 Å². The molecule has 0 aliphatic carbocycles. The molecule has 0 bridgehead atoms. The molecule has 0 saturated carbocycles. The summed E-state index contributed by atoms with van der Waals surface area (Å²) in [4.78, 5) is 12.5. The highest BCUT2D eigenvalue weighted by molar-refractivity contribution is 9.10. The van der Waals surface area contributed by atoms with E-state index >= 15 is 0 Å². The number of carboxylic acids is 1. The van der Waals surface area contributed by atoms with Crippen molar-refractivity contribution >= 4 is 21.9 Å². The molecule has 0 amide bonds. The van der Waals surface area contributed by atoms with Crippen molar-refractivity contribution in [1.82, 2.24) is 4.90 Å². The van der Waals surface area contributed by atoms with Crippen LogP contribution in [0, 0.1) is 11.7 Å². The lowest BCUT2D eigenvalue weighted by molar-refractivity contribution is -0.147. The molecule has 1 aliphatic rings. The Hall–Kier alpha value is -0.940. The summed E-state index contributed by atoms with van der Waals surface area (Å²) >= 11 is 3.19. The number of carboxylic acid groups (broad SMARTS) is 1. The van der Waals surface area contributed by atoms with Gasteiger partial charge in [-0.2, -0.15) is 0 Å². The van der Waals surface area contributed by atoms with E-state index in [1.54, 1.807) is 12.1 Å². The summed E-state index contributed by atoms with van der Waals surface area (Å²) in [5, 5.41) is 8.70. The van der Waals surface area contributed by atoms with Gasteiger partial charge in [-0.15, -0.1) is 0 Å². The summed E-state index contributed by atoms with van der Waals surface area (Å²) in [7, 11) is 0. The molecule has 1 aliphatic heterocycles. The third-order valence-electron chi connectivity index (χ3n) is 2.72. The van der Waals surface area contributed by atoms with Gasteiger partial charge in [0.15, 0.2) is 0 Å². The highest BCUT2D eigenvalue weighted by Gasteiger charge is 2.32. The van der Waals surface area contributed by atoms with E-state index in [0.29, 0.717) is 29.7 Å². The number of hydrogen-bond donors (Lipinski definition) is 1. The van der Waals surface area contributed by atoms with Gasteiger partial charge >= 0.3 is 5.97 Å². The first kappa shape index (κ1) is 11.5. The molecular formula is C11H11BrFNO2. The molecular weight excluding hydrogens is 277 g/mol.